The molecule has 0 atom stereocenters. The van der Waals surface area contributed by atoms with Gasteiger partial charge in [-0.1, -0.05) is 0 Å². The number of hydrogen-bond donors (Lipinski definition) is 3. The molecule has 0 unspecified atom stereocenters. The second kappa shape index (κ2) is 6.70. The van der Waals surface area contributed by atoms with Crippen LogP contribution in [0.5, 0.6) is 0 Å². The monoisotopic (exact) mass is 227 g/mol. The molecule has 0 spiro atoms. The van der Waals surface area contributed by atoms with Crippen LogP contribution in [0.1, 0.15) is 10.5 Å². The van der Waals surface area contributed by atoms with Crippen molar-refractivity contribution in [3.8, 4) is 0 Å². The van der Waals surface area contributed by atoms with Crippen molar-refractivity contribution >= 4 is 11.8 Å². The summed E-state index contributed by atoms with van der Waals surface area (Å²) in [4.78, 5) is 18.0. The highest BCUT2D eigenvalue weighted by Gasteiger charge is 2.03. The Hall–Kier alpha value is -1.73. The molecule has 0 saturated carbocycles. The van der Waals surface area contributed by atoms with Crippen LogP contribution >= 0.6 is 0 Å². The van der Waals surface area contributed by atoms with Gasteiger partial charge in [0.2, 0.25) is 0 Å². The normalized spacial score (nSPS) is 10.1. The van der Waals surface area contributed by atoms with Gasteiger partial charge in [0.15, 0.2) is 5.69 Å². The predicted octanol–water partition coefficient (Wildman–Crippen LogP) is -0.404. The van der Waals surface area contributed by atoms with E-state index >= 15 is 0 Å². The van der Waals surface area contributed by atoms with E-state index in [1.807, 2.05) is 0 Å². The van der Waals surface area contributed by atoms with Crippen LogP contribution < -0.4 is 5.32 Å². The van der Waals surface area contributed by atoms with Crippen LogP contribution in [-0.4, -0.2) is 52.5 Å². The van der Waals surface area contributed by atoms with Crippen molar-refractivity contribution in [2.45, 2.75) is 0 Å². The minimum atomic E-state index is -1.11. The summed E-state index contributed by atoms with van der Waals surface area (Å²) in [6.45, 7) is 1.24. The molecule has 0 aromatic carbocycles. The summed E-state index contributed by atoms with van der Waals surface area (Å²) in [7, 11) is 0. The van der Waals surface area contributed by atoms with Gasteiger partial charge in [0.25, 0.3) is 0 Å². The summed E-state index contributed by atoms with van der Waals surface area (Å²) in [5.74, 6) is -0.622. The fourth-order valence-corrected chi connectivity index (χ4v) is 0.948. The van der Waals surface area contributed by atoms with Gasteiger partial charge in [-0.05, 0) is 0 Å². The molecule has 7 nitrogen and oxygen atoms in total. The fraction of sp³-hybridized carbons (Fsp3) is 0.444. The van der Waals surface area contributed by atoms with Crippen LogP contribution in [0.25, 0.3) is 0 Å². The third kappa shape index (κ3) is 4.20. The Bertz CT molecular complexity index is 328. The van der Waals surface area contributed by atoms with Gasteiger partial charge in [0.1, 0.15) is 5.82 Å². The molecule has 0 radical (unpaired) electrons. The molecule has 0 fully saturated rings. The standard InChI is InChI=1S/C9H13N3O4/c13-2-4-16-3-1-10-8-6-11-7(5-12-8)9(14)15/h5-6,13H,1-4H2,(H,10,12)(H,14,15). The average molecular weight is 227 g/mol. The molecule has 16 heavy (non-hydrogen) atoms. The topological polar surface area (TPSA) is 105 Å². The Morgan fingerprint density at radius 2 is 2.19 bits per heavy atom. The summed E-state index contributed by atoms with van der Waals surface area (Å²) < 4.78 is 5.01. The zero-order valence-corrected chi connectivity index (χ0v) is 8.59. The first-order valence-corrected chi connectivity index (χ1v) is 4.72. The maximum atomic E-state index is 10.5. The Morgan fingerprint density at radius 3 is 2.75 bits per heavy atom. The summed E-state index contributed by atoms with van der Waals surface area (Å²) in [5, 5.41) is 19.9. The molecule has 1 heterocycles. The number of carboxylic acid groups (broad SMARTS) is 1. The number of anilines is 1. The first-order chi connectivity index (χ1) is 7.74. The summed E-state index contributed by atoms with van der Waals surface area (Å²) in [6.07, 6.45) is 2.52. The third-order valence-corrected chi connectivity index (χ3v) is 1.66. The smallest absolute Gasteiger partial charge is 0.356 e. The van der Waals surface area contributed by atoms with Gasteiger partial charge in [-0.3, -0.25) is 0 Å². The number of nitrogens with one attached hydrogen (secondary N) is 1. The number of aliphatic hydroxyl groups excluding tert-OH is 1. The van der Waals surface area contributed by atoms with Crippen molar-refractivity contribution in [1.82, 2.24) is 9.97 Å². The van der Waals surface area contributed by atoms with E-state index in [0.29, 0.717) is 25.6 Å². The fourth-order valence-electron chi connectivity index (χ4n) is 0.948. The van der Waals surface area contributed by atoms with Crippen LogP contribution in [0, 0.1) is 0 Å². The van der Waals surface area contributed by atoms with Gasteiger partial charge < -0.3 is 20.3 Å². The second-order valence-corrected chi connectivity index (χ2v) is 2.85. The van der Waals surface area contributed by atoms with Gasteiger partial charge in [-0.15, -0.1) is 0 Å². The van der Waals surface area contributed by atoms with Crippen molar-refractivity contribution < 1.29 is 19.7 Å². The van der Waals surface area contributed by atoms with E-state index in [0.717, 1.165) is 0 Å². The first kappa shape index (κ1) is 12.3. The number of rotatable bonds is 7. The molecule has 1 rings (SSSR count). The largest absolute Gasteiger partial charge is 0.476 e. The Labute approximate surface area is 92.1 Å². The molecule has 3 N–H and O–H groups in total. The number of ether oxygens (including phenoxy) is 1. The SMILES string of the molecule is O=C(O)c1cnc(NCCOCCO)cn1. The summed E-state index contributed by atoms with van der Waals surface area (Å²) >= 11 is 0. The molecule has 88 valence electrons. The lowest BCUT2D eigenvalue weighted by atomic mass is 10.4. The number of aromatic nitrogens is 2. The minimum absolute atomic E-state index is 0.00683. The molecule has 0 aliphatic rings. The lowest BCUT2D eigenvalue weighted by molar-refractivity contribution is 0.0690. The lowest BCUT2D eigenvalue weighted by Gasteiger charge is -2.05. The van der Waals surface area contributed by atoms with E-state index in [9.17, 15) is 4.79 Å². The number of nitrogens with zero attached hydrogens (tertiary/aromatic N) is 2. The lowest BCUT2D eigenvalue weighted by Crippen LogP contribution is -2.12. The molecule has 0 aliphatic carbocycles. The van der Waals surface area contributed by atoms with Crippen LogP contribution in [0.2, 0.25) is 0 Å². The molecular formula is C9H13N3O4. The number of carbonyl (C=O) groups is 1. The van der Waals surface area contributed by atoms with E-state index in [1.54, 1.807) is 0 Å². The number of carboxylic acids is 1. The molecule has 0 bridgehead atoms. The van der Waals surface area contributed by atoms with E-state index in [4.69, 9.17) is 14.9 Å². The van der Waals surface area contributed by atoms with Crippen LogP contribution in [-0.2, 0) is 4.74 Å². The summed E-state index contributed by atoms with van der Waals surface area (Å²) in [6, 6.07) is 0. The third-order valence-electron chi connectivity index (χ3n) is 1.66. The number of aromatic carboxylic acids is 1. The van der Waals surface area contributed by atoms with E-state index < -0.39 is 5.97 Å². The highest BCUT2D eigenvalue weighted by Crippen LogP contribution is 2.00. The molecule has 0 aliphatic heterocycles. The zero-order chi connectivity index (χ0) is 11.8. The van der Waals surface area contributed by atoms with Gasteiger partial charge in [-0.2, -0.15) is 0 Å². The van der Waals surface area contributed by atoms with Crippen LogP contribution in [0.15, 0.2) is 12.4 Å². The van der Waals surface area contributed by atoms with Gasteiger partial charge >= 0.3 is 5.97 Å². The van der Waals surface area contributed by atoms with Crippen LogP contribution in [0.4, 0.5) is 5.82 Å². The zero-order valence-electron chi connectivity index (χ0n) is 8.59. The van der Waals surface area contributed by atoms with E-state index in [2.05, 4.69) is 15.3 Å². The van der Waals surface area contributed by atoms with E-state index in [1.165, 1.54) is 12.4 Å². The number of hydrogen-bond acceptors (Lipinski definition) is 6. The minimum Gasteiger partial charge on any atom is -0.476 e. The predicted molar refractivity (Wildman–Crippen MR) is 55.4 cm³/mol. The highest BCUT2D eigenvalue weighted by molar-refractivity contribution is 5.84. The number of aliphatic hydroxyl groups is 1. The Morgan fingerprint density at radius 1 is 1.38 bits per heavy atom. The van der Waals surface area contributed by atoms with Crippen molar-refractivity contribution in [2.24, 2.45) is 0 Å². The summed E-state index contributed by atoms with van der Waals surface area (Å²) in [5.41, 5.74) is -0.0953. The maximum absolute atomic E-state index is 10.5. The highest BCUT2D eigenvalue weighted by atomic mass is 16.5. The van der Waals surface area contributed by atoms with Gasteiger partial charge in [-0.25, -0.2) is 14.8 Å². The first-order valence-electron chi connectivity index (χ1n) is 4.72. The molecule has 1 aromatic heterocycles. The molecule has 0 amide bonds. The van der Waals surface area contributed by atoms with Crippen molar-refractivity contribution in [1.29, 1.82) is 0 Å². The average Bonchev–Trinajstić information content (AvgIpc) is 2.29. The maximum Gasteiger partial charge on any atom is 0.356 e. The van der Waals surface area contributed by atoms with Crippen molar-refractivity contribution in [2.75, 3.05) is 31.7 Å². The Balaban J connectivity index is 2.29. The molecule has 7 heteroatoms. The van der Waals surface area contributed by atoms with Gasteiger partial charge in [0.05, 0.1) is 32.2 Å². The quantitative estimate of drug-likeness (QED) is 0.544. The molecule has 1 aromatic rings. The van der Waals surface area contributed by atoms with Crippen molar-refractivity contribution in [3.63, 3.8) is 0 Å². The van der Waals surface area contributed by atoms with E-state index in [-0.39, 0.29) is 12.3 Å². The van der Waals surface area contributed by atoms with Crippen molar-refractivity contribution in [3.05, 3.63) is 18.1 Å². The Kier molecular flexibility index (Phi) is 5.17. The molecule has 0 saturated heterocycles. The van der Waals surface area contributed by atoms with Gasteiger partial charge in [0, 0.05) is 6.54 Å². The second-order valence-electron chi connectivity index (χ2n) is 2.85. The molecular weight excluding hydrogens is 214 g/mol. The van der Waals surface area contributed by atoms with Crippen LogP contribution in [0.3, 0.4) is 0 Å².